The van der Waals surface area contributed by atoms with Gasteiger partial charge in [0, 0.05) is 13.1 Å². The van der Waals surface area contributed by atoms with Crippen molar-refractivity contribution >= 4 is 11.6 Å². The van der Waals surface area contributed by atoms with Gasteiger partial charge in [-0.2, -0.15) is 13.2 Å². The highest BCUT2D eigenvalue weighted by atomic mass is 19.4. The Morgan fingerprint density at radius 1 is 1.24 bits per heavy atom. The van der Waals surface area contributed by atoms with E-state index >= 15 is 0 Å². The zero-order chi connectivity index (χ0) is 15.6. The number of aromatic nitrogens is 3. The van der Waals surface area contributed by atoms with Crippen LogP contribution in [0.15, 0.2) is 16.7 Å². The van der Waals surface area contributed by atoms with Crippen LogP contribution in [0.25, 0.3) is 0 Å². The molecule has 1 atom stereocenters. The van der Waals surface area contributed by atoms with Crippen molar-refractivity contribution in [2.45, 2.75) is 26.1 Å². The molecule has 0 aromatic carbocycles. The molecule has 21 heavy (non-hydrogen) atoms. The average Bonchev–Trinajstić information content (AvgIpc) is 2.84. The summed E-state index contributed by atoms with van der Waals surface area (Å²) in [6.45, 7) is 3.44. The fourth-order valence-corrected chi connectivity index (χ4v) is 1.63. The maximum Gasteiger partial charge on any atom is 0.451 e. The summed E-state index contributed by atoms with van der Waals surface area (Å²) in [5.74, 6) is -0.132. The lowest BCUT2D eigenvalue weighted by Gasteiger charge is -2.14. The van der Waals surface area contributed by atoms with E-state index in [1.807, 2.05) is 0 Å². The smallest absolute Gasteiger partial charge is 0.444 e. The molecule has 2 rings (SSSR count). The Balaban J connectivity index is 2.27. The van der Waals surface area contributed by atoms with E-state index in [0.29, 0.717) is 11.7 Å². The molecule has 0 saturated heterocycles. The van der Waals surface area contributed by atoms with Gasteiger partial charge in [-0.15, -0.1) is 0 Å². The van der Waals surface area contributed by atoms with Crippen molar-refractivity contribution in [2.75, 3.05) is 17.7 Å². The molecule has 2 aromatic heterocycles. The third-order valence-corrected chi connectivity index (χ3v) is 2.61. The Morgan fingerprint density at radius 3 is 2.43 bits per heavy atom. The van der Waals surface area contributed by atoms with E-state index in [2.05, 4.69) is 25.6 Å². The van der Waals surface area contributed by atoms with E-state index in [9.17, 15) is 13.2 Å². The van der Waals surface area contributed by atoms with E-state index in [1.165, 1.54) is 19.3 Å². The van der Waals surface area contributed by atoms with Crippen molar-refractivity contribution in [3.05, 3.63) is 29.7 Å². The topological polar surface area (TPSA) is 75.9 Å². The molecule has 0 aliphatic heterocycles. The largest absolute Gasteiger partial charge is 0.451 e. The van der Waals surface area contributed by atoms with Gasteiger partial charge in [-0.1, -0.05) is 0 Å². The number of halogens is 3. The number of alkyl halides is 3. The van der Waals surface area contributed by atoms with Crippen LogP contribution in [0, 0.1) is 6.92 Å². The Hall–Kier alpha value is -2.32. The summed E-state index contributed by atoms with van der Waals surface area (Å²) in [6, 6.07) is 0.945. The van der Waals surface area contributed by atoms with Gasteiger partial charge >= 0.3 is 6.18 Å². The number of rotatable bonds is 4. The van der Waals surface area contributed by atoms with Crippen LogP contribution in [0.3, 0.4) is 0 Å². The summed E-state index contributed by atoms with van der Waals surface area (Å²) in [7, 11) is 1.48. The van der Waals surface area contributed by atoms with Gasteiger partial charge in [-0.25, -0.2) is 15.0 Å². The molecule has 114 valence electrons. The normalized spacial score (nSPS) is 13.0. The predicted octanol–water partition coefficient (Wildman–Crippen LogP) is 3.01. The number of aryl methyl sites for hydroxylation is 1. The monoisotopic (exact) mass is 301 g/mol. The van der Waals surface area contributed by atoms with Crippen LogP contribution in [0.1, 0.15) is 30.4 Å². The minimum Gasteiger partial charge on any atom is -0.444 e. The van der Waals surface area contributed by atoms with E-state index in [1.54, 1.807) is 13.8 Å². The number of nitrogens with one attached hydrogen (secondary N) is 2. The van der Waals surface area contributed by atoms with Gasteiger partial charge < -0.3 is 15.1 Å². The molecule has 0 fully saturated rings. The summed E-state index contributed by atoms with van der Waals surface area (Å²) >= 11 is 0. The molecule has 1 unspecified atom stereocenters. The van der Waals surface area contributed by atoms with Crippen molar-refractivity contribution in [3.63, 3.8) is 0 Å². The first-order chi connectivity index (χ1) is 9.79. The quantitative estimate of drug-likeness (QED) is 0.904. The summed E-state index contributed by atoms with van der Waals surface area (Å²) < 4.78 is 43.5. The van der Waals surface area contributed by atoms with Crippen LogP contribution in [0.2, 0.25) is 0 Å². The second-order valence-corrected chi connectivity index (χ2v) is 4.38. The molecule has 2 aromatic rings. The van der Waals surface area contributed by atoms with Crippen molar-refractivity contribution in [1.29, 1.82) is 0 Å². The summed E-state index contributed by atoms with van der Waals surface area (Å²) in [4.78, 5) is 10.9. The maximum absolute atomic E-state index is 12.7. The van der Waals surface area contributed by atoms with Crippen LogP contribution in [-0.4, -0.2) is 22.0 Å². The van der Waals surface area contributed by atoms with Gasteiger partial charge in [0.1, 0.15) is 23.4 Å². The third-order valence-electron chi connectivity index (χ3n) is 2.61. The minimum atomic E-state index is -4.62. The second-order valence-electron chi connectivity index (χ2n) is 4.38. The van der Waals surface area contributed by atoms with Gasteiger partial charge in [0.2, 0.25) is 11.7 Å². The zero-order valence-electron chi connectivity index (χ0n) is 11.6. The molecular formula is C12H14F3N5O. The fraction of sp³-hybridized carbons (Fsp3) is 0.417. The average molecular weight is 301 g/mol. The van der Waals surface area contributed by atoms with E-state index < -0.39 is 18.0 Å². The molecule has 0 aliphatic rings. The van der Waals surface area contributed by atoms with Crippen molar-refractivity contribution in [2.24, 2.45) is 0 Å². The number of oxazole rings is 1. The highest BCUT2D eigenvalue weighted by molar-refractivity contribution is 5.48. The number of nitrogens with zero attached hydrogens (tertiary/aromatic N) is 3. The molecule has 9 heteroatoms. The first-order valence-electron chi connectivity index (χ1n) is 6.12. The molecular weight excluding hydrogens is 287 g/mol. The second kappa shape index (κ2) is 5.58. The molecule has 0 bridgehead atoms. The van der Waals surface area contributed by atoms with Crippen molar-refractivity contribution in [3.8, 4) is 0 Å². The van der Waals surface area contributed by atoms with Crippen LogP contribution in [0.5, 0.6) is 0 Å². The highest BCUT2D eigenvalue weighted by Gasteiger charge is 2.35. The van der Waals surface area contributed by atoms with Crippen LogP contribution < -0.4 is 10.6 Å². The van der Waals surface area contributed by atoms with Crippen molar-refractivity contribution < 1.29 is 17.6 Å². The standard InChI is InChI=1S/C12H14F3N5O/c1-6-5-17-10(21-6)7(2)18-9-4-8(16-3)19-11(20-9)12(13,14)15/h4-5,7H,1-3H3,(H2,16,18,19,20). The fourth-order valence-electron chi connectivity index (χ4n) is 1.63. The van der Waals surface area contributed by atoms with Crippen molar-refractivity contribution in [1.82, 2.24) is 15.0 Å². The molecule has 0 saturated carbocycles. The Bertz CT molecular complexity index is 626. The number of hydrogen-bond acceptors (Lipinski definition) is 6. The maximum atomic E-state index is 12.7. The molecule has 2 N–H and O–H groups in total. The number of anilines is 2. The lowest BCUT2D eigenvalue weighted by Crippen LogP contribution is -2.16. The van der Waals surface area contributed by atoms with E-state index in [4.69, 9.17) is 4.42 Å². The summed E-state index contributed by atoms with van der Waals surface area (Å²) in [6.07, 6.45) is -3.08. The van der Waals surface area contributed by atoms with Gasteiger partial charge in [-0.05, 0) is 13.8 Å². The molecule has 0 amide bonds. The number of hydrogen-bond donors (Lipinski definition) is 2. The van der Waals surface area contributed by atoms with Gasteiger partial charge in [0.05, 0.1) is 6.20 Å². The van der Waals surface area contributed by atoms with Gasteiger partial charge in [0.25, 0.3) is 0 Å². The first kappa shape index (κ1) is 15.1. The lowest BCUT2D eigenvalue weighted by atomic mass is 10.3. The zero-order valence-corrected chi connectivity index (χ0v) is 11.6. The Labute approximate surface area is 118 Å². The first-order valence-corrected chi connectivity index (χ1v) is 6.12. The molecule has 0 aliphatic carbocycles. The molecule has 6 nitrogen and oxygen atoms in total. The van der Waals surface area contributed by atoms with Crippen LogP contribution in [0.4, 0.5) is 24.8 Å². The minimum absolute atomic E-state index is 0.0324. The summed E-state index contributed by atoms with van der Waals surface area (Å²) in [5.41, 5.74) is 0. The molecule has 0 radical (unpaired) electrons. The molecule has 2 heterocycles. The SMILES string of the molecule is CNc1cc(NC(C)c2ncc(C)o2)nc(C(F)(F)F)n1. The van der Waals surface area contributed by atoms with E-state index in [-0.39, 0.29) is 11.6 Å². The van der Waals surface area contributed by atoms with E-state index in [0.717, 1.165) is 0 Å². The predicted molar refractivity (Wildman–Crippen MR) is 69.9 cm³/mol. The van der Waals surface area contributed by atoms with Crippen LogP contribution in [-0.2, 0) is 6.18 Å². The highest BCUT2D eigenvalue weighted by Crippen LogP contribution is 2.29. The Kier molecular flexibility index (Phi) is 4.01. The van der Waals surface area contributed by atoms with Gasteiger partial charge in [0.15, 0.2) is 0 Å². The van der Waals surface area contributed by atoms with Gasteiger partial charge in [-0.3, -0.25) is 0 Å². The third kappa shape index (κ3) is 3.61. The van der Waals surface area contributed by atoms with Crippen LogP contribution >= 0.6 is 0 Å². The molecule has 0 spiro atoms. The summed E-state index contributed by atoms with van der Waals surface area (Å²) in [5, 5.41) is 5.38. The lowest BCUT2D eigenvalue weighted by molar-refractivity contribution is -0.144. The Morgan fingerprint density at radius 2 is 1.90 bits per heavy atom.